The van der Waals surface area contributed by atoms with Gasteiger partial charge in [-0.3, -0.25) is 9.59 Å². The Bertz CT molecular complexity index is 2070. The van der Waals surface area contributed by atoms with Gasteiger partial charge in [0.25, 0.3) is 0 Å². The molecule has 2 aromatic rings. The number of esters is 1. The summed E-state index contributed by atoms with van der Waals surface area (Å²) in [5.41, 5.74) is -4.37. The molecule has 0 spiro atoms. The maximum absolute atomic E-state index is 14.6. The maximum atomic E-state index is 14.6. The van der Waals surface area contributed by atoms with E-state index in [2.05, 4.69) is 74.5 Å². The van der Waals surface area contributed by atoms with E-state index in [9.17, 15) is 40.2 Å². The van der Waals surface area contributed by atoms with Gasteiger partial charge in [0.05, 0.1) is 71.2 Å². The van der Waals surface area contributed by atoms with Gasteiger partial charge in [-0.2, -0.15) is 0 Å². The highest BCUT2D eigenvalue weighted by Gasteiger charge is 2.53. The Kier molecular flexibility index (Phi) is 30.2. The standard InChI is InChI=1S/C64H110N2O13P.ClH/c1-16-33-51(65(13)14)55(68)61(72)79-59-45(6)56(78-54-41-63(11,75-15)58(70)48(9)76-54)46(7)60(71)77-52(17-2)64(12,74)57(69)47(8)66(42-44(5)40-62(59,10)73)53(67)38-31-23-21-19-18-20-22-24-32-39-80(43(3)4,49-34-27-25-28-35-49)50-36-29-26-30-37-50;/h25-30,34-37,43-48,51-52,54-59,61,68-70,72-74H,16-24,31-33,38-42H2,1-15H3;1H/q+1;/p-1/t44-,45+,46-,47-,48+,51+,52-,54+,55-,56+,57-,58+,59-,61+,62-,63-,64-;/m1./s1. The number of carbonyl (C=O) groups excluding carboxylic acids is 2. The van der Waals surface area contributed by atoms with Crippen LogP contribution in [0.1, 0.15) is 179 Å². The lowest BCUT2D eigenvalue weighted by atomic mass is 9.77. The molecule has 6 N–H and O–H groups in total. The van der Waals surface area contributed by atoms with Gasteiger partial charge >= 0.3 is 5.97 Å². The molecule has 0 unspecified atom stereocenters. The summed E-state index contributed by atoms with van der Waals surface area (Å²) in [5, 5.41) is 74.8. The highest BCUT2D eigenvalue weighted by molar-refractivity contribution is 7.90. The number of unbranched alkanes of at least 4 members (excludes halogenated alkanes) is 8. The van der Waals surface area contributed by atoms with Crippen molar-refractivity contribution in [3.63, 3.8) is 0 Å². The number of ether oxygens (including phenoxy) is 5. The first-order valence-electron chi connectivity index (χ1n) is 30.5. The van der Waals surface area contributed by atoms with Crippen molar-refractivity contribution in [2.75, 3.05) is 33.9 Å². The van der Waals surface area contributed by atoms with Crippen molar-refractivity contribution in [1.29, 1.82) is 0 Å². The average molecular weight is 1180 g/mol. The number of carbonyl (C=O) groups is 2. The minimum Gasteiger partial charge on any atom is -1.00 e. The molecule has 1 amide bonds. The Morgan fingerprint density at radius 1 is 0.815 bits per heavy atom. The van der Waals surface area contributed by atoms with Gasteiger partial charge in [-0.15, -0.1) is 0 Å². The summed E-state index contributed by atoms with van der Waals surface area (Å²) in [6, 6.07) is 20.8. The van der Waals surface area contributed by atoms with Gasteiger partial charge in [-0.25, -0.2) is 0 Å². The van der Waals surface area contributed by atoms with Gasteiger partial charge in [0, 0.05) is 38.5 Å². The van der Waals surface area contributed by atoms with Crippen LogP contribution >= 0.6 is 7.26 Å². The highest BCUT2D eigenvalue weighted by atomic mass is 35.5. The SMILES string of the molecule is CCC[C@@H]([C@@H](O)[C@@H](O)O[C@@H]1[C@@H](C)[C@H](O[C@H]2C[C@@](C)(OC)[C@@H](O)[C@H](C)O2)[C@@H](C)C(=O)O[C@H](CC)[C@@](C)(O)[C@H](O)[C@@H](C)N(C(=O)CCCCCCCCCCC[P+](c2ccccc2)(c2ccccc2)C(C)C)C[C@H](C)C[C@@]1(C)O)N(C)C.[Cl-]. The Morgan fingerprint density at radius 3 is 1.84 bits per heavy atom. The number of methoxy groups -OCH3 is 1. The van der Waals surface area contributed by atoms with Crippen molar-refractivity contribution in [1.82, 2.24) is 9.80 Å². The number of nitrogens with zero attached hydrogens (tertiary/aromatic N) is 2. The molecule has 2 heterocycles. The molecule has 2 saturated heterocycles. The van der Waals surface area contributed by atoms with Crippen LogP contribution in [0, 0.1) is 17.8 Å². The molecule has 2 aliphatic rings. The van der Waals surface area contributed by atoms with Crippen molar-refractivity contribution >= 4 is 29.7 Å². The molecule has 0 aromatic heterocycles. The van der Waals surface area contributed by atoms with E-state index >= 15 is 0 Å². The van der Waals surface area contributed by atoms with Gasteiger partial charge < -0.3 is 76.5 Å². The lowest BCUT2D eigenvalue weighted by Gasteiger charge is -2.47. The number of aliphatic hydroxyl groups is 6. The van der Waals surface area contributed by atoms with Crippen LogP contribution in [0.25, 0.3) is 0 Å². The first kappa shape index (κ1) is 72.9. The molecule has 0 bridgehead atoms. The summed E-state index contributed by atoms with van der Waals surface area (Å²) >= 11 is 0. The molecule has 17 heteroatoms. The first-order valence-corrected chi connectivity index (χ1v) is 32.5. The molecule has 4 rings (SSSR count). The lowest BCUT2D eigenvalue weighted by molar-refractivity contribution is -0.307. The summed E-state index contributed by atoms with van der Waals surface area (Å²) in [6.07, 6.45) is 1.09. The van der Waals surface area contributed by atoms with Crippen molar-refractivity contribution in [3.05, 3.63) is 60.7 Å². The number of aliphatic hydroxyl groups excluding tert-OH is 4. The van der Waals surface area contributed by atoms with Crippen molar-refractivity contribution in [2.45, 2.75) is 269 Å². The summed E-state index contributed by atoms with van der Waals surface area (Å²) < 4.78 is 31.4. The fraction of sp³-hybridized carbons (Fsp3) is 0.781. The van der Waals surface area contributed by atoms with E-state index in [1.807, 2.05) is 18.7 Å². The van der Waals surface area contributed by atoms with Crippen molar-refractivity contribution in [3.8, 4) is 0 Å². The molecule has 81 heavy (non-hydrogen) atoms. The fourth-order valence-electron chi connectivity index (χ4n) is 13.2. The Balaban J connectivity index is 0.0000172. The van der Waals surface area contributed by atoms with Crippen LogP contribution in [0.3, 0.4) is 0 Å². The second-order valence-electron chi connectivity index (χ2n) is 25.2. The number of rotatable bonds is 26. The van der Waals surface area contributed by atoms with Crippen molar-refractivity contribution < 1.29 is 76.3 Å². The second-order valence-corrected chi connectivity index (χ2v) is 29.4. The van der Waals surface area contributed by atoms with Gasteiger partial charge in [0.15, 0.2) is 12.6 Å². The molecular weight excluding hydrogens is 1070 g/mol. The lowest BCUT2D eigenvalue weighted by Crippen LogP contribution is -3.00. The third kappa shape index (κ3) is 19.1. The summed E-state index contributed by atoms with van der Waals surface area (Å²) in [7, 11) is 3.53. The van der Waals surface area contributed by atoms with Gasteiger partial charge in [-0.05, 0) is 138 Å². The fourth-order valence-corrected chi connectivity index (χ4v) is 17.8. The molecule has 466 valence electrons. The molecule has 17 atom stereocenters. The van der Waals surface area contributed by atoms with Crippen molar-refractivity contribution in [2.24, 2.45) is 17.8 Å². The Morgan fingerprint density at radius 2 is 1.35 bits per heavy atom. The number of hydrogen-bond donors (Lipinski definition) is 6. The largest absolute Gasteiger partial charge is 1.00 e. The zero-order valence-electron chi connectivity index (χ0n) is 52.2. The molecular formula is C64H110ClN2O13P. The first-order chi connectivity index (χ1) is 37.6. The van der Waals surface area contributed by atoms with Crippen LogP contribution in [0.4, 0.5) is 0 Å². The molecule has 0 aliphatic carbocycles. The van der Waals surface area contributed by atoms with E-state index < -0.39 is 115 Å². The summed E-state index contributed by atoms with van der Waals surface area (Å²) in [4.78, 5) is 32.5. The van der Waals surface area contributed by atoms with E-state index in [-0.39, 0.29) is 50.5 Å². The minimum atomic E-state index is -2.02. The summed E-state index contributed by atoms with van der Waals surface area (Å²) in [6.45, 7) is 21.9. The van der Waals surface area contributed by atoms with E-state index in [1.165, 1.54) is 56.5 Å². The third-order valence-corrected chi connectivity index (χ3v) is 23.3. The number of halogens is 1. The molecule has 2 aliphatic heterocycles. The number of benzene rings is 2. The smallest absolute Gasteiger partial charge is 0.311 e. The van der Waals surface area contributed by atoms with Gasteiger partial charge in [0.1, 0.15) is 30.0 Å². The Hall–Kier alpha value is -2.34. The average Bonchev–Trinajstić information content (AvgIpc) is 3.61. The number of cyclic esters (lactones) is 1. The molecule has 2 fully saturated rings. The molecule has 0 saturated carbocycles. The number of hydrogen-bond acceptors (Lipinski definition) is 14. The summed E-state index contributed by atoms with van der Waals surface area (Å²) in [5.74, 6) is -3.51. The number of amides is 1. The molecule has 0 radical (unpaired) electrons. The van der Waals surface area contributed by atoms with E-state index in [0.29, 0.717) is 24.9 Å². The van der Waals surface area contributed by atoms with E-state index in [1.54, 1.807) is 67.5 Å². The topological polar surface area (TPSA) is 208 Å². The van der Waals surface area contributed by atoms with Crippen LogP contribution < -0.4 is 23.0 Å². The number of likely N-dealkylation sites (N-methyl/N-ethyl adjacent to an activating group) is 1. The predicted octanol–water partition coefficient (Wildman–Crippen LogP) is 5.76. The van der Waals surface area contributed by atoms with Gasteiger partial charge in [-0.1, -0.05) is 109 Å². The van der Waals surface area contributed by atoms with Crippen LogP contribution in [-0.4, -0.2) is 176 Å². The van der Waals surface area contributed by atoms with Crippen LogP contribution in [0.2, 0.25) is 0 Å². The van der Waals surface area contributed by atoms with Crippen LogP contribution in [0.5, 0.6) is 0 Å². The zero-order valence-corrected chi connectivity index (χ0v) is 53.9. The predicted molar refractivity (Wildman–Crippen MR) is 320 cm³/mol. The van der Waals surface area contributed by atoms with E-state index in [4.69, 9.17) is 23.7 Å². The quantitative estimate of drug-likeness (QED) is 0.0287. The molecule has 2 aromatic carbocycles. The van der Waals surface area contributed by atoms with Crippen LogP contribution in [0.15, 0.2) is 60.7 Å². The maximum Gasteiger partial charge on any atom is 0.311 e. The highest BCUT2D eigenvalue weighted by Crippen LogP contribution is 2.61. The second kappa shape index (κ2) is 33.5. The van der Waals surface area contributed by atoms with Crippen LogP contribution in [-0.2, 0) is 33.3 Å². The van der Waals surface area contributed by atoms with Gasteiger partial charge in [0.2, 0.25) is 5.91 Å². The third-order valence-electron chi connectivity index (χ3n) is 18.1. The molecule has 15 nitrogen and oxygen atoms in total. The minimum absolute atomic E-state index is 0. The van der Waals surface area contributed by atoms with E-state index in [0.717, 1.165) is 25.7 Å². The Labute approximate surface area is 495 Å². The zero-order chi connectivity index (χ0) is 59.8. The normalized spacial score (nSPS) is 32.3. The monoisotopic (exact) mass is 1180 g/mol.